The molecule has 0 unspecified atom stereocenters. The minimum atomic E-state index is -0.624. The largest absolute Gasteiger partial charge is 0.326 e. The molecule has 0 aliphatic heterocycles. The third-order valence-corrected chi connectivity index (χ3v) is 6.00. The van der Waals surface area contributed by atoms with Crippen LogP contribution in [0, 0.1) is 18.3 Å². The van der Waals surface area contributed by atoms with Crippen molar-refractivity contribution in [1.29, 1.82) is 5.26 Å². The van der Waals surface area contributed by atoms with Crippen molar-refractivity contribution in [2.45, 2.75) is 61.1 Å². The van der Waals surface area contributed by atoms with Gasteiger partial charge in [0.05, 0.1) is 11.3 Å². The summed E-state index contributed by atoms with van der Waals surface area (Å²) in [6, 6.07) is 2.39. The van der Waals surface area contributed by atoms with Gasteiger partial charge in [0.2, 0.25) is 5.91 Å². The molecular formula is C14H20N4OS2. The Morgan fingerprint density at radius 1 is 1.43 bits per heavy atom. The van der Waals surface area contributed by atoms with Crippen LogP contribution in [-0.4, -0.2) is 38.8 Å². The second kappa shape index (κ2) is 6.75. The van der Waals surface area contributed by atoms with Crippen LogP contribution in [0.2, 0.25) is 0 Å². The molecule has 0 radical (unpaired) electrons. The van der Waals surface area contributed by atoms with E-state index in [-0.39, 0.29) is 11.2 Å². The number of rotatable bonds is 4. The normalized spacial score (nSPS) is 18.8. The number of carbonyl (C=O) groups is 1. The molecule has 0 saturated heterocycles. The first-order valence-corrected chi connectivity index (χ1v) is 8.84. The molecule has 1 aromatic heterocycles. The second-order valence-electron chi connectivity index (χ2n) is 5.45. The number of hydrogen-bond donors (Lipinski definition) is 0. The Bertz CT molecular complexity index is 545. The van der Waals surface area contributed by atoms with Crippen molar-refractivity contribution < 1.29 is 4.79 Å². The Hall–Kier alpha value is -1.13. The molecule has 21 heavy (non-hydrogen) atoms. The van der Waals surface area contributed by atoms with Crippen LogP contribution in [-0.2, 0) is 4.79 Å². The SMILES string of the molecule is Cc1nnc(S[C@@H](C)C(=O)N(C)C2(C#N)CCCCC2)s1. The number of nitriles is 1. The van der Waals surface area contributed by atoms with Gasteiger partial charge in [-0.15, -0.1) is 10.2 Å². The van der Waals surface area contributed by atoms with Crippen molar-refractivity contribution in [3.05, 3.63) is 5.01 Å². The van der Waals surface area contributed by atoms with E-state index in [4.69, 9.17) is 0 Å². The van der Waals surface area contributed by atoms with E-state index >= 15 is 0 Å². The first-order chi connectivity index (χ1) is 9.98. The molecule has 2 rings (SSSR count). The molecule has 5 nitrogen and oxygen atoms in total. The van der Waals surface area contributed by atoms with Crippen LogP contribution in [0.25, 0.3) is 0 Å². The molecule has 1 atom stereocenters. The van der Waals surface area contributed by atoms with E-state index in [1.807, 2.05) is 13.8 Å². The van der Waals surface area contributed by atoms with Gasteiger partial charge in [-0.05, 0) is 26.7 Å². The third-order valence-electron chi connectivity index (χ3n) is 3.99. The maximum absolute atomic E-state index is 12.6. The molecule has 1 fully saturated rings. The number of thioether (sulfide) groups is 1. The lowest BCUT2D eigenvalue weighted by Gasteiger charge is -2.39. The first-order valence-electron chi connectivity index (χ1n) is 7.14. The van der Waals surface area contributed by atoms with E-state index in [9.17, 15) is 10.1 Å². The molecule has 1 saturated carbocycles. The number of aryl methyl sites for hydroxylation is 1. The number of carbonyl (C=O) groups excluding carboxylic acids is 1. The lowest BCUT2D eigenvalue weighted by Crippen LogP contribution is -2.52. The van der Waals surface area contributed by atoms with Crippen LogP contribution in [0.3, 0.4) is 0 Å². The predicted octanol–water partition coefficient (Wildman–Crippen LogP) is 3.01. The van der Waals surface area contributed by atoms with E-state index in [0.29, 0.717) is 0 Å². The van der Waals surface area contributed by atoms with Gasteiger partial charge in [-0.3, -0.25) is 4.79 Å². The lowest BCUT2D eigenvalue weighted by atomic mass is 9.81. The van der Waals surface area contributed by atoms with Gasteiger partial charge in [-0.25, -0.2) is 0 Å². The summed E-state index contributed by atoms with van der Waals surface area (Å²) in [5.41, 5.74) is -0.624. The summed E-state index contributed by atoms with van der Waals surface area (Å²) in [5, 5.41) is 18.2. The molecule has 114 valence electrons. The van der Waals surface area contributed by atoms with Crippen LogP contribution < -0.4 is 0 Å². The average molecular weight is 324 g/mol. The van der Waals surface area contributed by atoms with Crippen LogP contribution in [0.1, 0.15) is 44.0 Å². The van der Waals surface area contributed by atoms with Gasteiger partial charge < -0.3 is 4.90 Å². The van der Waals surface area contributed by atoms with Gasteiger partial charge >= 0.3 is 0 Å². The number of amides is 1. The molecule has 1 aliphatic carbocycles. The molecule has 1 heterocycles. The molecule has 0 spiro atoms. The zero-order chi connectivity index (χ0) is 15.5. The van der Waals surface area contributed by atoms with E-state index in [2.05, 4.69) is 16.3 Å². The Morgan fingerprint density at radius 2 is 2.10 bits per heavy atom. The summed E-state index contributed by atoms with van der Waals surface area (Å²) in [7, 11) is 1.76. The van der Waals surface area contributed by atoms with E-state index in [1.165, 1.54) is 23.1 Å². The van der Waals surface area contributed by atoms with Gasteiger partial charge in [-0.2, -0.15) is 5.26 Å². The van der Waals surface area contributed by atoms with Crippen molar-refractivity contribution in [1.82, 2.24) is 15.1 Å². The minimum absolute atomic E-state index is 0.00342. The van der Waals surface area contributed by atoms with Gasteiger partial charge in [-0.1, -0.05) is 42.4 Å². The van der Waals surface area contributed by atoms with Crippen molar-refractivity contribution in [2.75, 3.05) is 7.05 Å². The average Bonchev–Trinajstić information content (AvgIpc) is 2.91. The standard InChI is InChI=1S/C14H20N4OS2/c1-10(20-13-17-16-11(2)21-13)12(19)18(3)14(9-15)7-5-4-6-8-14/h10H,4-8H2,1-3H3/t10-/m0/s1. The second-order valence-corrected chi connectivity index (χ2v) is 8.22. The molecule has 1 aromatic rings. The van der Waals surface area contributed by atoms with Gasteiger partial charge in [0.15, 0.2) is 4.34 Å². The summed E-state index contributed by atoms with van der Waals surface area (Å²) >= 11 is 2.91. The van der Waals surface area contributed by atoms with Crippen molar-refractivity contribution in [3.8, 4) is 6.07 Å². The Balaban J connectivity index is 2.05. The topological polar surface area (TPSA) is 69.9 Å². The van der Waals surface area contributed by atoms with Crippen molar-refractivity contribution in [2.24, 2.45) is 0 Å². The number of aromatic nitrogens is 2. The van der Waals surface area contributed by atoms with E-state index in [1.54, 1.807) is 11.9 Å². The third kappa shape index (κ3) is 3.55. The highest BCUT2D eigenvalue weighted by Crippen LogP contribution is 2.34. The van der Waals surface area contributed by atoms with Crippen LogP contribution in [0.4, 0.5) is 0 Å². The number of nitrogens with zero attached hydrogens (tertiary/aromatic N) is 4. The maximum atomic E-state index is 12.6. The highest BCUT2D eigenvalue weighted by Gasteiger charge is 2.40. The van der Waals surface area contributed by atoms with Gasteiger partial charge in [0, 0.05) is 7.05 Å². The van der Waals surface area contributed by atoms with Crippen molar-refractivity contribution in [3.63, 3.8) is 0 Å². The molecule has 0 bridgehead atoms. The van der Waals surface area contributed by atoms with Crippen molar-refractivity contribution >= 4 is 29.0 Å². The summed E-state index contributed by atoms with van der Waals surface area (Å²) in [5.74, 6) is -0.00342. The van der Waals surface area contributed by atoms with E-state index < -0.39 is 5.54 Å². The zero-order valence-corrected chi connectivity index (χ0v) is 14.3. The lowest BCUT2D eigenvalue weighted by molar-refractivity contribution is -0.133. The van der Waals surface area contributed by atoms with Gasteiger partial charge in [0.1, 0.15) is 10.5 Å². The Kier molecular flexibility index (Phi) is 5.22. The van der Waals surface area contributed by atoms with Crippen LogP contribution in [0.5, 0.6) is 0 Å². The Labute approximate surface area is 133 Å². The molecule has 7 heteroatoms. The first kappa shape index (κ1) is 16.2. The summed E-state index contributed by atoms with van der Waals surface area (Å²) in [6.07, 6.45) is 4.74. The fraction of sp³-hybridized carbons (Fsp3) is 0.714. The molecule has 1 aliphatic rings. The van der Waals surface area contributed by atoms with E-state index in [0.717, 1.165) is 41.5 Å². The van der Waals surface area contributed by atoms with Gasteiger partial charge in [0.25, 0.3) is 0 Å². The predicted molar refractivity (Wildman–Crippen MR) is 84.2 cm³/mol. The zero-order valence-electron chi connectivity index (χ0n) is 12.6. The van der Waals surface area contributed by atoms with Crippen LogP contribution >= 0.6 is 23.1 Å². The molecule has 0 N–H and O–H groups in total. The highest BCUT2D eigenvalue weighted by molar-refractivity contribution is 8.02. The highest BCUT2D eigenvalue weighted by atomic mass is 32.2. The quantitative estimate of drug-likeness (QED) is 0.796. The van der Waals surface area contributed by atoms with Crippen LogP contribution in [0.15, 0.2) is 4.34 Å². The fourth-order valence-electron chi connectivity index (χ4n) is 2.67. The molecular weight excluding hydrogens is 304 g/mol. The summed E-state index contributed by atoms with van der Waals surface area (Å²) < 4.78 is 0.802. The monoisotopic (exact) mass is 324 g/mol. The fourth-order valence-corrected chi connectivity index (χ4v) is 4.72. The Morgan fingerprint density at radius 3 is 2.62 bits per heavy atom. The minimum Gasteiger partial charge on any atom is -0.326 e. The summed E-state index contributed by atoms with van der Waals surface area (Å²) in [4.78, 5) is 14.3. The number of hydrogen-bond acceptors (Lipinski definition) is 6. The summed E-state index contributed by atoms with van der Waals surface area (Å²) in [6.45, 7) is 3.77. The maximum Gasteiger partial charge on any atom is 0.236 e. The smallest absolute Gasteiger partial charge is 0.236 e. The molecule has 0 aromatic carbocycles. The molecule has 1 amide bonds.